The summed E-state index contributed by atoms with van der Waals surface area (Å²) in [6.45, 7) is 0. The molecule has 3 rings (SSSR count). The van der Waals surface area contributed by atoms with Crippen LogP contribution in [-0.2, 0) is 10.0 Å². The summed E-state index contributed by atoms with van der Waals surface area (Å²) in [5.41, 5.74) is 2.95. The lowest BCUT2D eigenvalue weighted by atomic mass is 10.2. The fourth-order valence-corrected chi connectivity index (χ4v) is 3.92. The van der Waals surface area contributed by atoms with Gasteiger partial charge in [0.25, 0.3) is 10.0 Å². The van der Waals surface area contributed by atoms with Crippen molar-refractivity contribution >= 4 is 43.6 Å². The van der Waals surface area contributed by atoms with Gasteiger partial charge in [-0.15, -0.1) is 11.3 Å². The Morgan fingerprint density at radius 2 is 1.86 bits per heavy atom. The molecule has 3 aromatic rings. The van der Waals surface area contributed by atoms with Crippen molar-refractivity contribution in [1.82, 2.24) is 4.98 Å². The Kier molecular flexibility index (Phi) is 3.44. The maximum absolute atomic E-state index is 12.5. The summed E-state index contributed by atoms with van der Waals surface area (Å²) in [6.07, 6.45) is 0.703. The van der Waals surface area contributed by atoms with Gasteiger partial charge in [0.2, 0.25) is 0 Å². The number of nitrogens with one attached hydrogen (secondary N) is 1. The number of aldehydes is 1. The number of carbonyl (C=O) groups is 1. The Morgan fingerprint density at radius 1 is 1.10 bits per heavy atom. The highest BCUT2D eigenvalue weighted by atomic mass is 32.2. The summed E-state index contributed by atoms with van der Waals surface area (Å²) in [6, 6.07) is 11.2. The molecule has 0 fully saturated rings. The van der Waals surface area contributed by atoms with Crippen LogP contribution in [0.25, 0.3) is 10.2 Å². The number of benzene rings is 2. The summed E-state index contributed by atoms with van der Waals surface area (Å²) >= 11 is 1.39. The van der Waals surface area contributed by atoms with Gasteiger partial charge in [-0.05, 0) is 36.4 Å². The van der Waals surface area contributed by atoms with E-state index in [0.29, 0.717) is 23.1 Å². The third-order valence-corrected chi connectivity index (χ3v) is 5.12. The second kappa shape index (κ2) is 5.27. The average molecular weight is 318 g/mol. The minimum absolute atomic E-state index is 0.140. The van der Waals surface area contributed by atoms with Crippen molar-refractivity contribution in [3.05, 3.63) is 53.5 Å². The smallest absolute Gasteiger partial charge is 0.264 e. The topological polar surface area (TPSA) is 76.1 Å². The van der Waals surface area contributed by atoms with E-state index in [-0.39, 0.29) is 4.90 Å². The van der Waals surface area contributed by atoms with Gasteiger partial charge < -0.3 is 0 Å². The van der Waals surface area contributed by atoms with Crippen LogP contribution in [0.2, 0.25) is 0 Å². The Balaban J connectivity index is 2.00. The predicted octanol–water partition coefficient (Wildman–Crippen LogP) is 2.91. The monoisotopic (exact) mass is 318 g/mol. The highest BCUT2D eigenvalue weighted by Crippen LogP contribution is 2.26. The van der Waals surface area contributed by atoms with Crippen molar-refractivity contribution in [1.29, 1.82) is 0 Å². The summed E-state index contributed by atoms with van der Waals surface area (Å²) in [5, 5.41) is 0. The number of anilines is 1. The molecule has 0 aliphatic rings. The molecule has 21 heavy (non-hydrogen) atoms. The Bertz CT molecular complexity index is 899. The maximum atomic E-state index is 12.5. The van der Waals surface area contributed by atoms with Gasteiger partial charge in [0, 0.05) is 11.3 Å². The van der Waals surface area contributed by atoms with E-state index >= 15 is 0 Å². The van der Waals surface area contributed by atoms with E-state index in [0.717, 1.165) is 4.70 Å². The first-order valence-corrected chi connectivity index (χ1v) is 8.37. The lowest BCUT2D eigenvalue weighted by Crippen LogP contribution is -2.13. The number of carbonyl (C=O) groups excluding carboxylic acids is 1. The van der Waals surface area contributed by atoms with Crippen LogP contribution in [0.4, 0.5) is 5.69 Å². The number of nitrogens with zero attached hydrogens (tertiary/aromatic N) is 1. The van der Waals surface area contributed by atoms with E-state index in [9.17, 15) is 13.2 Å². The Labute approximate surface area is 125 Å². The molecule has 0 aliphatic heterocycles. The Hall–Kier alpha value is -2.25. The minimum atomic E-state index is -3.72. The second-order valence-corrected chi connectivity index (χ2v) is 6.84. The van der Waals surface area contributed by atoms with Gasteiger partial charge in [-0.25, -0.2) is 13.4 Å². The largest absolute Gasteiger partial charge is 0.298 e. The van der Waals surface area contributed by atoms with Gasteiger partial charge in [0.1, 0.15) is 16.7 Å². The highest BCUT2D eigenvalue weighted by molar-refractivity contribution is 7.93. The number of sulfonamides is 1. The van der Waals surface area contributed by atoms with Crippen LogP contribution >= 0.6 is 11.3 Å². The lowest BCUT2D eigenvalue weighted by molar-refractivity contribution is 0.112. The van der Waals surface area contributed by atoms with E-state index < -0.39 is 10.0 Å². The fraction of sp³-hybridized carbons (Fsp3) is 0. The molecule has 0 amide bonds. The third kappa shape index (κ3) is 2.65. The lowest BCUT2D eigenvalue weighted by Gasteiger charge is -2.08. The number of hydrogen-bond donors (Lipinski definition) is 1. The van der Waals surface area contributed by atoms with Crippen molar-refractivity contribution in [3.63, 3.8) is 0 Å². The van der Waals surface area contributed by atoms with Crippen molar-refractivity contribution in [2.45, 2.75) is 4.90 Å². The summed E-state index contributed by atoms with van der Waals surface area (Å²) in [4.78, 5) is 14.8. The van der Waals surface area contributed by atoms with Gasteiger partial charge in [-0.3, -0.25) is 9.52 Å². The zero-order valence-electron chi connectivity index (χ0n) is 10.7. The normalized spacial score (nSPS) is 11.4. The maximum Gasteiger partial charge on any atom is 0.264 e. The zero-order chi connectivity index (χ0) is 14.9. The first-order chi connectivity index (χ1) is 10.1. The molecule has 0 bridgehead atoms. The van der Waals surface area contributed by atoms with Crippen molar-refractivity contribution in [2.75, 3.05) is 4.72 Å². The average Bonchev–Trinajstić information content (AvgIpc) is 2.95. The summed E-state index contributed by atoms with van der Waals surface area (Å²) in [7, 11) is -3.72. The molecule has 0 unspecified atom stereocenters. The van der Waals surface area contributed by atoms with E-state index in [4.69, 9.17) is 0 Å². The van der Waals surface area contributed by atoms with Crippen molar-refractivity contribution in [3.8, 4) is 0 Å². The summed E-state index contributed by atoms with van der Waals surface area (Å²) < 4.78 is 28.2. The van der Waals surface area contributed by atoms with Gasteiger partial charge >= 0.3 is 0 Å². The van der Waals surface area contributed by atoms with E-state index in [1.807, 2.05) is 6.07 Å². The second-order valence-electron chi connectivity index (χ2n) is 4.30. The van der Waals surface area contributed by atoms with Crippen LogP contribution in [0, 0.1) is 0 Å². The molecule has 5 nitrogen and oxygen atoms in total. The van der Waals surface area contributed by atoms with Gasteiger partial charge in [-0.1, -0.05) is 6.07 Å². The van der Waals surface area contributed by atoms with Crippen LogP contribution in [0.3, 0.4) is 0 Å². The molecule has 0 radical (unpaired) electrons. The van der Waals surface area contributed by atoms with Crippen LogP contribution in [0.15, 0.2) is 52.9 Å². The summed E-state index contributed by atoms with van der Waals surface area (Å²) in [5.74, 6) is 0. The Morgan fingerprint density at radius 3 is 2.57 bits per heavy atom. The van der Waals surface area contributed by atoms with E-state index in [1.165, 1.54) is 17.4 Å². The fourth-order valence-electron chi connectivity index (χ4n) is 1.92. The number of thiazole rings is 1. The first-order valence-electron chi connectivity index (χ1n) is 6.00. The SMILES string of the molecule is O=Cc1ccc(NS(=O)(=O)c2cccc3scnc23)cc1. The zero-order valence-corrected chi connectivity index (χ0v) is 12.3. The van der Waals surface area contributed by atoms with Crippen LogP contribution in [0.5, 0.6) is 0 Å². The predicted molar refractivity (Wildman–Crippen MR) is 82.3 cm³/mol. The molecular formula is C14H10N2O3S2. The van der Waals surface area contributed by atoms with Crippen LogP contribution in [0.1, 0.15) is 10.4 Å². The molecule has 0 spiro atoms. The van der Waals surface area contributed by atoms with Gasteiger partial charge in [-0.2, -0.15) is 0 Å². The molecule has 1 aromatic heterocycles. The molecule has 0 saturated heterocycles. The number of aromatic nitrogens is 1. The van der Waals surface area contributed by atoms with Crippen molar-refractivity contribution in [2.24, 2.45) is 0 Å². The molecule has 106 valence electrons. The highest BCUT2D eigenvalue weighted by Gasteiger charge is 2.18. The van der Waals surface area contributed by atoms with Crippen LogP contribution in [-0.4, -0.2) is 19.7 Å². The van der Waals surface area contributed by atoms with E-state index in [1.54, 1.807) is 35.8 Å². The molecule has 0 saturated carbocycles. The number of rotatable bonds is 4. The van der Waals surface area contributed by atoms with Gasteiger partial charge in [0.15, 0.2) is 0 Å². The molecule has 0 atom stereocenters. The van der Waals surface area contributed by atoms with E-state index in [2.05, 4.69) is 9.71 Å². The van der Waals surface area contributed by atoms with Gasteiger partial charge in [0.05, 0.1) is 10.2 Å². The molecule has 0 aliphatic carbocycles. The third-order valence-electron chi connectivity index (χ3n) is 2.91. The molecule has 1 heterocycles. The van der Waals surface area contributed by atoms with Crippen molar-refractivity contribution < 1.29 is 13.2 Å². The van der Waals surface area contributed by atoms with Crippen LogP contribution < -0.4 is 4.72 Å². The minimum Gasteiger partial charge on any atom is -0.298 e. The molecular weight excluding hydrogens is 308 g/mol. The first kappa shape index (κ1) is 13.7. The molecule has 1 N–H and O–H groups in total. The standard InChI is InChI=1S/C14H10N2O3S2/c17-8-10-4-6-11(7-5-10)16-21(18,19)13-3-1-2-12-14(13)15-9-20-12/h1-9,16H. The quantitative estimate of drug-likeness (QED) is 0.750. The molecule has 2 aromatic carbocycles. The number of para-hydroxylation sites is 1. The number of fused-ring (bicyclic) bond motifs is 1. The number of hydrogen-bond acceptors (Lipinski definition) is 5. The molecule has 7 heteroatoms.